The van der Waals surface area contributed by atoms with E-state index >= 15 is 0 Å². The van der Waals surface area contributed by atoms with E-state index in [1.807, 2.05) is 0 Å². The number of rotatable bonds is 6. The van der Waals surface area contributed by atoms with Gasteiger partial charge in [0.2, 0.25) is 0 Å². The molecule has 1 aliphatic rings. The van der Waals surface area contributed by atoms with Gasteiger partial charge in [-0.2, -0.15) is 0 Å². The van der Waals surface area contributed by atoms with E-state index in [1.165, 1.54) is 5.56 Å². The van der Waals surface area contributed by atoms with Crippen LogP contribution in [0.25, 0.3) is 0 Å². The highest BCUT2D eigenvalue weighted by molar-refractivity contribution is 5.22. The fourth-order valence-electron chi connectivity index (χ4n) is 3.77. The van der Waals surface area contributed by atoms with E-state index in [9.17, 15) is 5.11 Å². The summed E-state index contributed by atoms with van der Waals surface area (Å²) >= 11 is 0. The van der Waals surface area contributed by atoms with Crippen molar-refractivity contribution in [2.45, 2.75) is 25.4 Å². The van der Waals surface area contributed by atoms with Gasteiger partial charge in [0.25, 0.3) is 0 Å². The van der Waals surface area contributed by atoms with Crippen molar-refractivity contribution >= 4 is 0 Å². The lowest BCUT2D eigenvalue weighted by Gasteiger charge is -2.34. The van der Waals surface area contributed by atoms with Crippen LogP contribution in [0.1, 0.15) is 18.4 Å². The Kier molecular flexibility index (Phi) is 6.30. The van der Waals surface area contributed by atoms with Crippen molar-refractivity contribution < 1.29 is 5.11 Å². The number of aliphatic hydroxyl groups is 1. The molecule has 1 fully saturated rings. The second-order valence-corrected chi connectivity index (χ2v) is 7.28. The average Bonchev–Trinajstić information content (AvgIpc) is 2.42. The van der Waals surface area contributed by atoms with E-state index < -0.39 is 0 Å². The van der Waals surface area contributed by atoms with Crippen molar-refractivity contribution in [3.8, 4) is 0 Å². The summed E-state index contributed by atoms with van der Waals surface area (Å²) < 4.78 is 0. The SMILES string of the molecule is CN(C)CC1CC(O)CC(CN(C)C)[C+]1Cc1ccccc1. The molecule has 2 unspecified atom stereocenters. The lowest BCUT2D eigenvalue weighted by molar-refractivity contribution is 0.0658. The van der Waals surface area contributed by atoms with Gasteiger partial charge in [-0.25, -0.2) is 0 Å². The molecule has 0 radical (unpaired) electrons. The molecule has 1 saturated carbocycles. The number of nitrogens with zero attached hydrogens (tertiary/aromatic N) is 2. The monoisotopic (exact) mass is 303 g/mol. The summed E-state index contributed by atoms with van der Waals surface area (Å²) in [5, 5.41) is 10.3. The summed E-state index contributed by atoms with van der Waals surface area (Å²) in [6.45, 7) is 2.06. The van der Waals surface area contributed by atoms with Crippen molar-refractivity contribution in [3.63, 3.8) is 0 Å². The smallest absolute Gasteiger partial charge is 0.116 e. The third kappa shape index (κ3) is 5.01. The van der Waals surface area contributed by atoms with Gasteiger partial charge >= 0.3 is 0 Å². The van der Waals surface area contributed by atoms with E-state index in [0.717, 1.165) is 32.4 Å². The molecule has 3 nitrogen and oxygen atoms in total. The Morgan fingerprint density at radius 1 is 0.955 bits per heavy atom. The third-order valence-electron chi connectivity index (χ3n) is 4.58. The summed E-state index contributed by atoms with van der Waals surface area (Å²) in [7, 11) is 8.51. The predicted molar refractivity (Wildman–Crippen MR) is 92.7 cm³/mol. The molecule has 1 N–H and O–H groups in total. The minimum absolute atomic E-state index is 0.158. The maximum atomic E-state index is 10.3. The summed E-state index contributed by atoms with van der Waals surface area (Å²) in [5.74, 6) is 2.60. The van der Waals surface area contributed by atoms with Gasteiger partial charge in [-0.05, 0) is 33.8 Å². The van der Waals surface area contributed by atoms with Gasteiger partial charge in [-0.15, -0.1) is 0 Å². The van der Waals surface area contributed by atoms with E-state index in [4.69, 9.17) is 0 Å². The topological polar surface area (TPSA) is 26.7 Å². The second kappa shape index (κ2) is 8.00. The molecule has 0 saturated heterocycles. The molecule has 3 heteroatoms. The Morgan fingerprint density at radius 2 is 1.45 bits per heavy atom. The highest BCUT2D eigenvalue weighted by atomic mass is 16.3. The third-order valence-corrected chi connectivity index (χ3v) is 4.58. The number of benzene rings is 1. The molecule has 0 heterocycles. The zero-order valence-electron chi connectivity index (χ0n) is 14.5. The first-order chi connectivity index (χ1) is 10.5. The van der Waals surface area contributed by atoms with Crippen LogP contribution in [-0.4, -0.2) is 62.3 Å². The zero-order valence-corrected chi connectivity index (χ0v) is 14.5. The highest BCUT2D eigenvalue weighted by Crippen LogP contribution is 2.39. The van der Waals surface area contributed by atoms with Gasteiger partial charge in [0.05, 0.1) is 6.10 Å². The van der Waals surface area contributed by atoms with Gasteiger partial charge in [-0.1, -0.05) is 30.3 Å². The molecule has 0 bridgehead atoms. The van der Waals surface area contributed by atoms with Gasteiger partial charge in [0.15, 0.2) is 0 Å². The molecule has 0 spiro atoms. The largest absolute Gasteiger partial charge is 0.393 e. The van der Waals surface area contributed by atoms with Crippen molar-refractivity contribution in [1.82, 2.24) is 9.80 Å². The summed E-state index contributed by atoms with van der Waals surface area (Å²) in [4.78, 5) is 4.50. The van der Waals surface area contributed by atoms with Crippen molar-refractivity contribution in [1.29, 1.82) is 0 Å². The molecule has 1 aliphatic carbocycles. The van der Waals surface area contributed by atoms with Crippen molar-refractivity contribution in [2.24, 2.45) is 11.8 Å². The Morgan fingerprint density at radius 3 is 1.91 bits per heavy atom. The lowest BCUT2D eigenvalue weighted by atomic mass is 9.68. The predicted octanol–water partition coefficient (Wildman–Crippen LogP) is 2.31. The van der Waals surface area contributed by atoms with Crippen LogP contribution in [0.15, 0.2) is 30.3 Å². The van der Waals surface area contributed by atoms with E-state index in [2.05, 4.69) is 68.3 Å². The fourth-order valence-corrected chi connectivity index (χ4v) is 3.77. The average molecular weight is 303 g/mol. The van der Waals surface area contributed by atoms with Crippen LogP contribution in [0.4, 0.5) is 0 Å². The van der Waals surface area contributed by atoms with Gasteiger partial charge in [0, 0.05) is 25.9 Å². The van der Waals surface area contributed by atoms with Crippen LogP contribution in [0.3, 0.4) is 0 Å². The van der Waals surface area contributed by atoms with Crippen LogP contribution in [-0.2, 0) is 6.42 Å². The first-order valence-corrected chi connectivity index (χ1v) is 8.32. The van der Waals surface area contributed by atoms with E-state index in [1.54, 1.807) is 5.92 Å². The molecule has 22 heavy (non-hydrogen) atoms. The Balaban J connectivity index is 2.17. The summed E-state index contributed by atoms with van der Waals surface area (Å²) in [5.41, 5.74) is 1.39. The molecule has 2 atom stereocenters. The van der Waals surface area contributed by atoms with Crippen LogP contribution >= 0.6 is 0 Å². The zero-order chi connectivity index (χ0) is 16.1. The van der Waals surface area contributed by atoms with Gasteiger partial charge < -0.3 is 14.9 Å². The molecule has 2 rings (SSSR count). The Hall–Kier alpha value is -1.03. The standard InChI is InChI=1S/C19H31N2O/c1-20(2)13-16-11-18(22)12-17(14-21(3)4)19(16)10-15-8-6-5-7-9-15/h5-9,16-18,22H,10-14H2,1-4H3/q+1. The molecular formula is C19H31N2O+. The second-order valence-electron chi connectivity index (χ2n) is 7.28. The summed E-state index contributed by atoms with van der Waals surface area (Å²) in [6.07, 6.45) is 2.70. The first-order valence-electron chi connectivity index (χ1n) is 8.32. The molecule has 0 aromatic heterocycles. The number of hydrogen-bond donors (Lipinski definition) is 1. The van der Waals surface area contributed by atoms with Crippen LogP contribution < -0.4 is 0 Å². The maximum Gasteiger partial charge on any atom is 0.116 e. The van der Waals surface area contributed by atoms with Crippen LogP contribution in [0.5, 0.6) is 0 Å². The molecule has 0 amide bonds. The number of aliphatic hydroxyl groups excluding tert-OH is 1. The molecule has 1 aromatic rings. The molecule has 0 aliphatic heterocycles. The lowest BCUT2D eigenvalue weighted by Crippen LogP contribution is -2.43. The normalized spacial score (nSPS) is 26.0. The molecular weight excluding hydrogens is 272 g/mol. The minimum atomic E-state index is -0.158. The van der Waals surface area contributed by atoms with E-state index in [-0.39, 0.29) is 6.10 Å². The minimum Gasteiger partial charge on any atom is -0.393 e. The molecule has 122 valence electrons. The van der Waals surface area contributed by atoms with Crippen LogP contribution in [0, 0.1) is 17.8 Å². The van der Waals surface area contributed by atoms with E-state index in [0.29, 0.717) is 11.8 Å². The number of hydrogen-bond acceptors (Lipinski definition) is 3. The molecule has 1 aromatic carbocycles. The van der Waals surface area contributed by atoms with Crippen molar-refractivity contribution in [3.05, 3.63) is 41.8 Å². The maximum absolute atomic E-state index is 10.3. The van der Waals surface area contributed by atoms with Gasteiger partial charge in [-0.3, -0.25) is 0 Å². The Labute approximate surface area is 135 Å². The van der Waals surface area contributed by atoms with Crippen LogP contribution in [0.2, 0.25) is 0 Å². The fraction of sp³-hybridized carbons (Fsp3) is 0.632. The first kappa shape index (κ1) is 17.3. The quantitative estimate of drug-likeness (QED) is 0.817. The Bertz CT molecular complexity index is 408. The van der Waals surface area contributed by atoms with Crippen molar-refractivity contribution in [2.75, 3.05) is 41.3 Å². The summed E-state index contributed by atoms with van der Waals surface area (Å²) in [6, 6.07) is 10.8. The van der Waals surface area contributed by atoms with Gasteiger partial charge in [0.1, 0.15) is 24.2 Å². The highest BCUT2D eigenvalue weighted by Gasteiger charge is 2.46.